The molecule has 6 heteroatoms. The first-order valence-corrected chi connectivity index (χ1v) is 6.45. The van der Waals surface area contributed by atoms with Crippen molar-refractivity contribution < 1.29 is 0 Å². The minimum Gasteiger partial charge on any atom is -0.383 e. The van der Waals surface area contributed by atoms with E-state index in [2.05, 4.69) is 27.3 Å². The van der Waals surface area contributed by atoms with Gasteiger partial charge in [0.1, 0.15) is 17.5 Å². The molecule has 0 radical (unpaired) electrons. The smallest absolute Gasteiger partial charge is 0.135 e. The monoisotopic (exact) mass is 260 g/mol. The molecule has 0 spiro atoms. The highest BCUT2D eigenvalue weighted by atomic mass is 15.3. The van der Waals surface area contributed by atoms with Crippen LogP contribution >= 0.6 is 0 Å². The molecular weight excluding hydrogens is 240 g/mol. The Kier molecular flexibility index (Phi) is 3.99. The Bertz CT molecular complexity index is 560. The van der Waals surface area contributed by atoms with Crippen LogP contribution in [0.2, 0.25) is 0 Å². The van der Waals surface area contributed by atoms with E-state index in [-0.39, 0.29) is 0 Å². The molecule has 0 unspecified atom stereocenters. The zero-order valence-electron chi connectivity index (χ0n) is 11.6. The van der Waals surface area contributed by atoms with E-state index in [0.717, 1.165) is 35.7 Å². The topological polar surface area (TPSA) is 81.6 Å². The summed E-state index contributed by atoms with van der Waals surface area (Å²) >= 11 is 0. The molecule has 0 amide bonds. The number of hydrogen-bond donors (Lipinski definition) is 2. The summed E-state index contributed by atoms with van der Waals surface area (Å²) in [5.41, 5.74) is 7.77. The lowest BCUT2D eigenvalue weighted by Gasteiger charge is -2.11. The van der Waals surface area contributed by atoms with E-state index in [4.69, 9.17) is 5.73 Å². The maximum atomic E-state index is 5.91. The second-order valence-electron chi connectivity index (χ2n) is 4.58. The number of nitrogens with two attached hydrogens (primary N) is 1. The Balaban J connectivity index is 2.14. The van der Waals surface area contributed by atoms with E-state index < -0.39 is 0 Å². The van der Waals surface area contributed by atoms with Crippen LogP contribution in [0.15, 0.2) is 12.3 Å². The molecule has 2 rings (SSSR count). The van der Waals surface area contributed by atoms with Gasteiger partial charge in [0.15, 0.2) is 0 Å². The highest BCUT2D eigenvalue weighted by molar-refractivity contribution is 5.54. The zero-order chi connectivity index (χ0) is 13.8. The molecule has 0 atom stereocenters. The van der Waals surface area contributed by atoms with Crippen molar-refractivity contribution in [1.29, 1.82) is 0 Å². The molecule has 0 saturated carbocycles. The van der Waals surface area contributed by atoms with Crippen molar-refractivity contribution in [1.82, 2.24) is 19.7 Å². The summed E-state index contributed by atoms with van der Waals surface area (Å²) in [6, 6.07) is 1.97. The number of rotatable bonds is 5. The predicted molar refractivity (Wildman–Crippen MR) is 75.7 cm³/mol. The summed E-state index contributed by atoms with van der Waals surface area (Å²) in [6.07, 6.45) is 3.76. The first-order chi connectivity index (χ1) is 9.10. The molecule has 0 aliphatic rings. The minimum atomic E-state index is 0.543. The molecule has 0 bridgehead atoms. The second-order valence-corrected chi connectivity index (χ2v) is 4.58. The number of anilines is 2. The Morgan fingerprint density at radius 2 is 2.16 bits per heavy atom. The molecule has 102 valence electrons. The fraction of sp³-hybridized carbons (Fsp3) is 0.462. The van der Waals surface area contributed by atoms with E-state index >= 15 is 0 Å². The van der Waals surface area contributed by atoms with Gasteiger partial charge in [-0.1, -0.05) is 6.92 Å². The summed E-state index contributed by atoms with van der Waals surface area (Å²) in [5, 5.41) is 7.59. The summed E-state index contributed by atoms with van der Waals surface area (Å²) in [7, 11) is 1.90. The number of nitrogens with one attached hydrogen (secondary N) is 1. The van der Waals surface area contributed by atoms with Gasteiger partial charge in [0.05, 0.1) is 12.2 Å². The first-order valence-electron chi connectivity index (χ1n) is 6.45. The number of aryl methyl sites for hydroxylation is 2. The lowest BCUT2D eigenvalue weighted by Crippen LogP contribution is -2.10. The standard InChI is InChI=1S/C13H20N6/c1-4-5-11-16-12(14)9(2)13(17-11)15-8-10-6-7-19(3)18-10/h6-7H,4-5,8H2,1-3H3,(H3,14,15,16,17). The fourth-order valence-corrected chi connectivity index (χ4v) is 1.82. The first kappa shape index (κ1) is 13.3. The Hall–Kier alpha value is -2.11. The molecule has 2 aromatic rings. The van der Waals surface area contributed by atoms with Crippen LogP contribution in [-0.4, -0.2) is 19.7 Å². The zero-order valence-corrected chi connectivity index (χ0v) is 11.6. The fourth-order valence-electron chi connectivity index (χ4n) is 1.82. The van der Waals surface area contributed by atoms with E-state index in [1.54, 1.807) is 4.68 Å². The quantitative estimate of drug-likeness (QED) is 0.854. The normalized spacial score (nSPS) is 10.7. The van der Waals surface area contributed by atoms with Crippen molar-refractivity contribution >= 4 is 11.6 Å². The van der Waals surface area contributed by atoms with E-state index in [0.29, 0.717) is 12.4 Å². The highest BCUT2D eigenvalue weighted by Gasteiger charge is 2.08. The van der Waals surface area contributed by atoms with Crippen molar-refractivity contribution in [3.05, 3.63) is 29.3 Å². The van der Waals surface area contributed by atoms with Gasteiger partial charge in [0.2, 0.25) is 0 Å². The van der Waals surface area contributed by atoms with Crippen molar-refractivity contribution in [2.45, 2.75) is 33.2 Å². The molecule has 6 nitrogen and oxygen atoms in total. The number of aromatic nitrogens is 4. The molecule has 2 heterocycles. The average molecular weight is 260 g/mol. The summed E-state index contributed by atoms with van der Waals surface area (Å²) in [4.78, 5) is 8.80. The third-order valence-electron chi connectivity index (χ3n) is 2.91. The van der Waals surface area contributed by atoms with Gasteiger partial charge >= 0.3 is 0 Å². The summed E-state index contributed by atoms with van der Waals surface area (Å²) in [6.45, 7) is 4.65. The lowest BCUT2D eigenvalue weighted by molar-refractivity contribution is 0.746. The van der Waals surface area contributed by atoms with Gasteiger partial charge in [-0.05, 0) is 19.4 Å². The minimum absolute atomic E-state index is 0.543. The molecule has 0 aromatic carbocycles. The maximum absolute atomic E-state index is 5.91. The van der Waals surface area contributed by atoms with Gasteiger partial charge in [-0.3, -0.25) is 4.68 Å². The van der Waals surface area contributed by atoms with Crippen molar-refractivity contribution in [2.75, 3.05) is 11.1 Å². The van der Waals surface area contributed by atoms with Crippen molar-refractivity contribution in [3.8, 4) is 0 Å². The third-order valence-corrected chi connectivity index (χ3v) is 2.91. The SMILES string of the molecule is CCCc1nc(N)c(C)c(NCc2ccn(C)n2)n1. The van der Waals surface area contributed by atoms with Crippen LogP contribution in [0.1, 0.15) is 30.4 Å². The predicted octanol–water partition coefficient (Wildman–Crippen LogP) is 1.67. The van der Waals surface area contributed by atoms with Crippen LogP contribution < -0.4 is 11.1 Å². The molecule has 0 aliphatic carbocycles. The van der Waals surface area contributed by atoms with Gasteiger partial charge in [-0.15, -0.1) is 0 Å². The van der Waals surface area contributed by atoms with Gasteiger partial charge in [0.25, 0.3) is 0 Å². The maximum Gasteiger partial charge on any atom is 0.135 e. The van der Waals surface area contributed by atoms with Gasteiger partial charge in [-0.25, -0.2) is 9.97 Å². The van der Waals surface area contributed by atoms with Gasteiger partial charge in [-0.2, -0.15) is 5.10 Å². The molecule has 19 heavy (non-hydrogen) atoms. The molecule has 0 aliphatic heterocycles. The Morgan fingerprint density at radius 1 is 1.37 bits per heavy atom. The highest BCUT2D eigenvalue weighted by Crippen LogP contribution is 2.18. The molecule has 3 N–H and O–H groups in total. The summed E-state index contributed by atoms with van der Waals surface area (Å²) in [5.74, 6) is 2.12. The van der Waals surface area contributed by atoms with Crippen molar-refractivity contribution in [3.63, 3.8) is 0 Å². The van der Waals surface area contributed by atoms with Gasteiger partial charge < -0.3 is 11.1 Å². The Morgan fingerprint density at radius 3 is 2.79 bits per heavy atom. The van der Waals surface area contributed by atoms with E-state index in [1.165, 1.54) is 0 Å². The molecule has 0 fully saturated rings. The van der Waals surface area contributed by atoms with E-state index in [9.17, 15) is 0 Å². The van der Waals surface area contributed by atoms with Crippen LogP contribution in [0.5, 0.6) is 0 Å². The van der Waals surface area contributed by atoms with Crippen molar-refractivity contribution in [2.24, 2.45) is 7.05 Å². The molecular formula is C13H20N6. The van der Waals surface area contributed by atoms with Crippen LogP contribution in [0.3, 0.4) is 0 Å². The number of nitrogens with zero attached hydrogens (tertiary/aromatic N) is 4. The Labute approximate surface area is 113 Å². The van der Waals surface area contributed by atoms with Crippen LogP contribution in [0.25, 0.3) is 0 Å². The van der Waals surface area contributed by atoms with Gasteiger partial charge in [0, 0.05) is 25.2 Å². The average Bonchev–Trinajstić information content (AvgIpc) is 2.78. The largest absolute Gasteiger partial charge is 0.383 e. The van der Waals surface area contributed by atoms with Crippen LogP contribution in [0.4, 0.5) is 11.6 Å². The number of hydrogen-bond acceptors (Lipinski definition) is 5. The molecule has 0 saturated heterocycles. The lowest BCUT2D eigenvalue weighted by atomic mass is 10.2. The summed E-state index contributed by atoms with van der Waals surface area (Å²) < 4.78 is 1.78. The third kappa shape index (κ3) is 3.21. The van der Waals surface area contributed by atoms with Crippen LogP contribution in [-0.2, 0) is 20.0 Å². The number of nitrogen functional groups attached to an aromatic ring is 1. The second kappa shape index (κ2) is 5.69. The van der Waals surface area contributed by atoms with Crippen LogP contribution in [0, 0.1) is 6.92 Å². The van der Waals surface area contributed by atoms with E-state index in [1.807, 2.05) is 26.2 Å². The molecule has 2 aromatic heterocycles.